The van der Waals surface area contributed by atoms with Gasteiger partial charge in [0, 0.05) is 23.7 Å². The third-order valence-corrected chi connectivity index (χ3v) is 11.9. The minimum Gasteiger partial charge on any atom is -0.393 e. The summed E-state index contributed by atoms with van der Waals surface area (Å²) in [5.74, 6) is 1.84. The highest BCUT2D eigenvalue weighted by Gasteiger charge is 2.55. The second kappa shape index (κ2) is 12.6. The first kappa shape index (κ1) is 33.9. The highest BCUT2D eigenvalue weighted by atomic mass is 16.7. The second-order valence-electron chi connectivity index (χ2n) is 17.3. The molecule has 4 nitrogen and oxygen atoms in total. The van der Waals surface area contributed by atoms with E-state index in [1.807, 2.05) is 6.08 Å². The van der Waals surface area contributed by atoms with Crippen LogP contribution in [-0.4, -0.2) is 42.4 Å². The van der Waals surface area contributed by atoms with Gasteiger partial charge in [0.05, 0.1) is 31.5 Å². The summed E-state index contributed by atoms with van der Waals surface area (Å²) in [6.07, 6.45) is 13.4. The van der Waals surface area contributed by atoms with Crippen molar-refractivity contribution in [2.75, 3.05) is 19.8 Å². The number of allylic oxidation sites excluding steroid dienone is 3. The first-order valence-corrected chi connectivity index (χ1v) is 17.6. The van der Waals surface area contributed by atoms with Crippen molar-refractivity contribution in [1.29, 1.82) is 0 Å². The average molecular weight is 607 g/mol. The fourth-order valence-corrected chi connectivity index (χ4v) is 8.98. The fourth-order valence-electron chi connectivity index (χ4n) is 8.98. The number of rotatable bonds is 5. The maximum absolute atomic E-state index is 10.6. The van der Waals surface area contributed by atoms with Crippen LogP contribution in [0.25, 0.3) is 0 Å². The van der Waals surface area contributed by atoms with Gasteiger partial charge in [-0.25, -0.2) is 0 Å². The van der Waals surface area contributed by atoms with Gasteiger partial charge < -0.3 is 19.3 Å². The van der Waals surface area contributed by atoms with E-state index in [-0.39, 0.29) is 33.7 Å². The van der Waals surface area contributed by atoms with Gasteiger partial charge in [0.1, 0.15) is 0 Å². The lowest BCUT2D eigenvalue weighted by atomic mass is 9.56. The van der Waals surface area contributed by atoms with E-state index in [1.54, 1.807) is 11.1 Å². The predicted octanol–water partition coefficient (Wildman–Crippen LogP) is 9.48. The van der Waals surface area contributed by atoms with Crippen LogP contribution in [0.15, 0.2) is 48.1 Å². The third-order valence-electron chi connectivity index (χ3n) is 11.9. The van der Waals surface area contributed by atoms with Gasteiger partial charge in [-0.05, 0) is 108 Å². The molecular formula is C40H62O4. The molecule has 1 aromatic carbocycles. The molecular weight excluding hydrogens is 544 g/mol. The topological polar surface area (TPSA) is 47.9 Å². The molecule has 0 amide bonds. The molecule has 1 aliphatic heterocycles. The summed E-state index contributed by atoms with van der Waals surface area (Å²) in [5.41, 5.74) is 6.40. The highest BCUT2D eigenvalue weighted by Crippen LogP contribution is 2.61. The van der Waals surface area contributed by atoms with Crippen LogP contribution >= 0.6 is 0 Å². The Bertz CT molecular complexity index is 1180. The first-order valence-electron chi connectivity index (χ1n) is 17.6. The van der Waals surface area contributed by atoms with Crippen LogP contribution in [0, 0.1) is 35.5 Å². The summed E-state index contributed by atoms with van der Waals surface area (Å²) >= 11 is 0. The molecule has 0 radical (unpaired) electrons. The zero-order valence-corrected chi connectivity index (χ0v) is 29.3. The molecule has 1 heterocycles. The molecule has 0 bridgehead atoms. The number of fused-ring (bicyclic) bond motifs is 4. The Hall–Kier alpha value is -1.46. The number of aliphatic hydroxyl groups excluding tert-OH is 1. The normalized spacial score (nSPS) is 33.8. The zero-order valence-electron chi connectivity index (χ0n) is 29.3. The molecule has 44 heavy (non-hydrogen) atoms. The molecule has 4 heteroatoms. The molecule has 3 saturated carbocycles. The van der Waals surface area contributed by atoms with Crippen LogP contribution in [-0.2, 0) is 19.6 Å². The van der Waals surface area contributed by atoms with E-state index in [9.17, 15) is 5.11 Å². The van der Waals surface area contributed by atoms with Crippen LogP contribution in [0.4, 0.5) is 0 Å². The van der Waals surface area contributed by atoms with Gasteiger partial charge >= 0.3 is 0 Å². The zero-order chi connectivity index (χ0) is 32.0. The van der Waals surface area contributed by atoms with E-state index in [0.717, 1.165) is 44.8 Å². The lowest BCUT2D eigenvalue weighted by molar-refractivity contribution is -0.312. The van der Waals surface area contributed by atoms with Gasteiger partial charge in [0.25, 0.3) is 0 Å². The Labute approximate surface area is 269 Å². The van der Waals surface area contributed by atoms with Crippen LogP contribution in [0.3, 0.4) is 0 Å². The van der Waals surface area contributed by atoms with Gasteiger partial charge in [-0.2, -0.15) is 0 Å². The third kappa shape index (κ3) is 7.09. The smallest absolute Gasteiger partial charge is 0.169 e. The Kier molecular flexibility index (Phi) is 9.72. The maximum atomic E-state index is 10.6. The molecule has 6 rings (SSSR count). The van der Waals surface area contributed by atoms with Gasteiger partial charge in [-0.15, -0.1) is 6.58 Å². The van der Waals surface area contributed by atoms with Crippen molar-refractivity contribution in [2.24, 2.45) is 28.6 Å². The minimum atomic E-state index is -0.302. The Morgan fingerprint density at radius 2 is 1.59 bits per heavy atom. The number of hydrogen-bond acceptors (Lipinski definition) is 4. The lowest BCUT2D eigenvalue weighted by Gasteiger charge is -2.53. The fraction of sp³-hybridized carbons (Fsp3) is 0.750. The summed E-state index contributed by atoms with van der Waals surface area (Å²) in [6.45, 7) is 23.7. The van der Waals surface area contributed by atoms with Crippen molar-refractivity contribution < 1.29 is 19.3 Å². The van der Waals surface area contributed by atoms with Gasteiger partial charge in [0.15, 0.2) is 5.79 Å². The van der Waals surface area contributed by atoms with Gasteiger partial charge in [0.2, 0.25) is 0 Å². The van der Waals surface area contributed by atoms with Crippen molar-refractivity contribution >= 4 is 0 Å². The molecule has 1 spiro atoms. The van der Waals surface area contributed by atoms with Crippen molar-refractivity contribution in [2.45, 2.75) is 143 Å². The SMILES string of the molecule is C=CCC(C)(COC(C)(C)C)c1ccc(C)cc1.CC1(C)COC2(CCC3=C4CCC5(C)C(O)CCC5C4CCC3C2)OC1. The molecule has 1 aromatic rings. The molecule has 6 atom stereocenters. The molecule has 6 unspecified atom stereocenters. The standard InChI is InChI=1S/C23H36O3.C17H26O/c1-21(2)13-25-23(26-14-21)11-9-16-15(12-23)4-5-18-17(16)8-10-22(3)19(18)6-7-20(22)24;1-7-12-17(6,13-18-16(3,4)5)15-10-8-14(2)9-11-15/h15,18-20,24H,4-14H2,1-3H3;7-11H,1,12-13H2,2-6H3. The van der Waals surface area contributed by atoms with Crippen LogP contribution in [0.1, 0.15) is 124 Å². The minimum absolute atomic E-state index is 0.00271. The van der Waals surface area contributed by atoms with Gasteiger partial charge in [-0.3, -0.25) is 0 Å². The number of ether oxygens (including phenoxy) is 3. The predicted molar refractivity (Wildman–Crippen MR) is 181 cm³/mol. The monoisotopic (exact) mass is 606 g/mol. The van der Waals surface area contributed by atoms with Crippen LogP contribution < -0.4 is 0 Å². The summed E-state index contributed by atoms with van der Waals surface area (Å²) in [6, 6.07) is 8.72. The Morgan fingerprint density at radius 1 is 0.932 bits per heavy atom. The van der Waals surface area contributed by atoms with Crippen molar-refractivity contribution in [1.82, 2.24) is 0 Å². The molecule has 4 fully saturated rings. The largest absolute Gasteiger partial charge is 0.393 e. The second-order valence-corrected chi connectivity index (χ2v) is 17.3. The van der Waals surface area contributed by atoms with Gasteiger partial charge in [-0.1, -0.05) is 74.7 Å². The molecule has 5 aliphatic rings. The molecule has 1 saturated heterocycles. The van der Waals surface area contributed by atoms with Crippen LogP contribution in [0.5, 0.6) is 0 Å². The van der Waals surface area contributed by atoms with E-state index in [2.05, 4.69) is 86.2 Å². The summed E-state index contributed by atoms with van der Waals surface area (Å²) in [7, 11) is 0. The van der Waals surface area contributed by atoms with E-state index in [1.165, 1.54) is 49.7 Å². The summed E-state index contributed by atoms with van der Waals surface area (Å²) < 4.78 is 18.6. The van der Waals surface area contributed by atoms with Crippen molar-refractivity contribution in [3.8, 4) is 0 Å². The van der Waals surface area contributed by atoms with Crippen LogP contribution in [0.2, 0.25) is 0 Å². The Balaban J connectivity index is 0.000000189. The molecule has 246 valence electrons. The quantitative estimate of drug-likeness (QED) is 0.339. The number of aryl methyl sites for hydroxylation is 1. The highest BCUT2D eigenvalue weighted by molar-refractivity contribution is 5.30. The molecule has 0 aromatic heterocycles. The average Bonchev–Trinajstić information content (AvgIpc) is 3.28. The lowest BCUT2D eigenvalue weighted by Crippen LogP contribution is -2.51. The summed E-state index contributed by atoms with van der Waals surface area (Å²) in [5, 5.41) is 10.6. The number of hydrogen-bond donors (Lipinski definition) is 1. The molecule has 4 aliphatic carbocycles. The van der Waals surface area contributed by atoms with Crippen molar-refractivity contribution in [3.63, 3.8) is 0 Å². The van der Waals surface area contributed by atoms with E-state index < -0.39 is 0 Å². The van der Waals surface area contributed by atoms with E-state index >= 15 is 0 Å². The number of benzene rings is 1. The summed E-state index contributed by atoms with van der Waals surface area (Å²) in [4.78, 5) is 0. The molecule has 1 N–H and O–H groups in total. The van der Waals surface area contributed by atoms with E-state index in [0.29, 0.717) is 18.4 Å². The maximum Gasteiger partial charge on any atom is 0.169 e. The number of aliphatic hydroxyl groups is 1. The van der Waals surface area contributed by atoms with Crippen molar-refractivity contribution in [3.05, 3.63) is 59.2 Å². The van der Waals surface area contributed by atoms with E-state index in [4.69, 9.17) is 14.2 Å². The Morgan fingerprint density at radius 3 is 2.23 bits per heavy atom. The first-order chi connectivity index (χ1) is 20.6.